The number of rotatable bonds is 9. The first-order valence-electron chi connectivity index (χ1n) is 14.8. The highest BCUT2D eigenvalue weighted by molar-refractivity contribution is 9.11. The molecule has 4 aromatic carbocycles. The average molecular weight is 726 g/mol. The van der Waals surface area contributed by atoms with E-state index in [0.717, 1.165) is 77.8 Å². The van der Waals surface area contributed by atoms with Gasteiger partial charge in [-0.3, -0.25) is 0 Å². The van der Waals surface area contributed by atoms with Crippen molar-refractivity contribution >= 4 is 53.9 Å². The lowest BCUT2D eigenvalue weighted by atomic mass is 10.1. The Morgan fingerprint density at radius 3 is 2.38 bits per heavy atom. The first-order chi connectivity index (χ1) is 21.9. The Balaban J connectivity index is 1.27. The number of benzene rings is 4. The van der Waals surface area contributed by atoms with Gasteiger partial charge in [0.15, 0.2) is 11.9 Å². The third kappa shape index (κ3) is 5.55. The zero-order valence-corrected chi connectivity index (χ0v) is 28.2. The van der Waals surface area contributed by atoms with Crippen molar-refractivity contribution < 1.29 is 4.74 Å². The van der Waals surface area contributed by atoms with Gasteiger partial charge in [0, 0.05) is 31.1 Å². The molecule has 0 bridgehead atoms. The van der Waals surface area contributed by atoms with Gasteiger partial charge in [-0.15, -0.1) is 5.10 Å². The first-order valence-corrected chi connectivity index (χ1v) is 16.3. The summed E-state index contributed by atoms with van der Waals surface area (Å²) in [5, 5.41) is 14.5. The molecule has 0 spiro atoms. The van der Waals surface area contributed by atoms with Gasteiger partial charge in [-0.05, 0) is 103 Å². The first kappa shape index (κ1) is 29.4. The Morgan fingerprint density at radius 1 is 0.911 bits per heavy atom. The molecule has 45 heavy (non-hydrogen) atoms. The Bertz CT molecular complexity index is 2110. The molecule has 7 rings (SSSR count). The standard InChI is InChI=1S/C34H30Br2N8O/c1-4-10-29-38-30-20(2)15-23(34-37-26-13-8-9-14-27(26)43(34)3)18-28(30)44(29)19-21-16-24(35)32(25(36)17-21)45-31(33-39-41-42-40-33)22-11-6-5-7-12-22/h5-9,11-18,31H,4,10,19H2,1-3H3,(H,39,40,41,42). The summed E-state index contributed by atoms with van der Waals surface area (Å²) in [5.74, 6) is 3.18. The zero-order chi connectivity index (χ0) is 31.1. The number of para-hydroxylation sites is 2. The maximum absolute atomic E-state index is 6.55. The summed E-state index contributed by atoms with van der Waals surface area (Å²) in [6.07, 6.45) is 1.36. The van der Waals surface area contributed by atoms with E-state index in [4.69, 9.17) is 14.7 Å². The molecule has 1 N–H and O–H groups in total. The van der Waals surface area contributed by atoms with Crippen molar-refractivity contribution in [1.82, 2.24) is 39.7 Å². The molecule has 3 aromatic heterocycles. The largest absolute Gasteiger partial charge is 0.475 e. The summed E-state index contributed by atoms with van der Waals surface area (Å²) >= 11 is 7.58. The second-order valence-electron chi connectivity index (χ2n) is 11.1. The molecule has 0 aliphatic rings. The van der Waals surface area contributed by atoms with Gasteiger partial charge in [-0.1, -0.05) is 49.4 Å². The van der Waals surface area contributed by atoms with E-state index in [1.54, 1.807) is 0 Å². The quantitative estimate of drug-likeness (QED) is 0.162. The van der Waals surface area contributed by atoms with E-state index in [2.05, 4.69) is 119 Å². The van der Waals surface area contributed by atoms with Gasteiger partial charge in [0.1, 0.15) is 17.4 Å². The lowest BCUT2D eigenvalue weighted by Gasteiger charge is -2.20. The van der Waals surface area contributed by atoms with Gasteiger partial charge >= 0.3 is 0 Å². The van der Waals surface area contributed by atoms with Crippen LogP contribution < -0.4 is 4.74 Å². The van der Waals surface area contributed by atoms with Crippen molar-refractivity contribution in [3.05, 3.63) is 116 Å². The Hall–Kier alpha value is -4.35. The molecule has 0 fully saturated rings. The molecule has 0 saturated carbocycles. The SMILES string of the molecule is CCCc1nc2c(C)cc(-c3nc4ccccc4n3C)cc2n1Cc1cc(Br)c(OC(c2ccccc2)c2nnn[nH]2)c(Br)c1. The second kappa shape index (κ2) is 12.2. The summed E-state index contributed by atoms with van der Waals surface area (Å²) in [6.45, 7) is 4.96. The van der Waals surface area contributed by atoms with Gasteiger partial charge in [0.05, 0.1) is 31.0 Å². The van der Waals surface area contributed by atoms with Crippen molar-refractivity contribution in [2.75, 3.05) is 0 Å². The van der Waals surface area contributed by atoms with Crippen molar-refractivity contribution in [3.63, 3.8) is 0 Å². The van der Waals surface area contributed by atoms with Crippen LogP contribution in [0, 0.1) is 6.92 Å². The Kier molecular flexibility index (Phi) is 7.97. The summed E-state index contributed by atoms with van der Waals surface area (Å²) in [6, 6.07) is 26.8. The van der Waals surface area contributed by atoms with Crippen LogP contribution in [0.2, 0.25) is 0 Å². The third-order valence-electron chi connectivity index (χ3n) is 7.99. The van der Waals surface area contributed by atoms with Crippen LogP contribution in [0.4, 0.5) is 0 Å². The number of hydrogen-bond acceptors (Lipinski definition) is 6. The fourth-order valence-corrected chi connectivity index (χ4v) is 7.34. The average Bonchev–Trinajstić information content (AvgIpc) is 3.77. The number of halogens is 2. The number of tetrazole rings is 1. The van der Waals surface area contributed by atoms with Crippen LogP contribution in [0.15, 0.2) is 87.8 Å². The molecule has 3 heterocycles. The number of aryl methyl sites for hydroxylation is 3. The van der Waals surface area contributed by atoms with Gasteiger partial charge in [-0.25, -0.2) is 15.1 Å². The highest BCUT2D eigenvalue weighted by Crippen LogP contribution is 2.39. The summed E-state index contributed by atoms with van der Waals surface area (Å²) < 4.78 is 12.7. The van der Waals surface area contributed by atoms with Gasteiger partial charge < -0.3 is 13.9 Å². The van der Waals surface area contributed by atoms with Crippen molar-refractivity contribution in [1.29, 1.82) is 0 Å². The molecular weight excluding hydrogens is 696 g/mol. The molecule has 1 unspecified atom stereocenters. The van der Waals surface area contributed by atoms with E-state index in [-0.39, 0.29) is 0 Å². The zero-order valence-electron chi connectivity index (χ0n) is 25.0. The van der Waals surface area contributed by atoms with E-state index in [0.29, 0.717) is 18.1 Å². The van der Waals surface area contributed by atoms with Crippen LogP contribution >= 0.6 is 31.9 Å². The van der Waals surface area contributed by atoms with Gasteiger partial charge in [0.25, 0.3) is 0 Å². The topological polar surface area (TPSA) is 99.3 Å². The van der Waals surface area contributed by atoms with E-state index in [1.165, 1.54) is 0 Å². The lowest BCUT2D eigenvalue weighted by molar-refractivity contribution is 0.233. The summed E-state index contributed by atoms with van der Waals surface area (Å²) in [4.78, 5) is 10.1. The van der Waals surface area contributed by atoms with Crippen LogP contribution in [0.3, 0.4) is 0 Å². The molecular formula is C34H30Br2N8O. The van der Waals surface area contributed by atoms with E-state index in [1.807, 2.05) is 42.5 Å². The maximum atomic E-state index is 6.55. The van der Waals surface area contributed by atoms with Crippen LogP contribution in [-0.4, -0.2) is 39.7 Å². The number of fused-ring (bicyclic) bond motifs is 2. The molecule has 11 heteroatoms. The Labute approximate surface area is 276 Å². The molecule has 0 amide bonds. The van der Waals surface area contributed by atoms with Crippen LogP contribution in [0.5, 0.6) is 5.75 Å². The maximum Gasteiger partial charge on any atom is 0.194 e. The van der Waals surface area contributed by atoms with Crippen LogP contribution in [0.1, 0.15) is 47.8 Å². The fraction of sp³-hybridized carbons (Fsp3) is 0.206. The van der Waals surface area contributed by atoms with E-state index in [9.17, 15) is 0 Å². The predicted molar refractivity (Wildman–Crippen MR) is 182 cm³/mol. The molecule has 0 radical (unpaired) electrons. The Morgan fingerprint density at radius 2 is 1.67 bits per heavy atom. The van der Waals surface area contributed by atoms with Gasteiger partial charge in [0.2, 0.25) is 0 Å². The minimum Gasteiger partial charge on any atom is -0.475 e. The van der Waals surface area contributed by atoms with Crippen LogP contribution in [0.25, 0.3) is 33.5 Å². The number of imidazole rings is 2. The highest BCUT2D eigenvalue weighted by Gasteiger charge is 2.23. The molecule has 7 aromatic rings. The molecule has 1 atom stereocenters. The minimum absolute atomic E-state index is 0.516. The number of ether oxygens (including phenoxy) is 1. The number of nitrogens with zero attached hydrogens (tertiary/aromatic N) is 7. The van der Waals surface area contributed by atoms with E-state index < -0.39 is 6.10 Å². The minimum atomic E-state index is -0.516. The second-order valence-corrected chi connectivity index (χ2v) is 12.8. The molecule has 0 aliphatic carbocycles. The number of hydrogen-bond donors (Lipinski definition) is 1. The van der Waals surface area contributed by atoms with Crippen LogP contribution in [-0.2, 0) is 20.0 Å². The number of aromatic nitrogens is 8. The predicted octanol–water partition coefficient (Wildman–Crippen LogP) is 8.11. The smallest absolute Gasteiger partial charge is 0.194 e. The normalized spacial score (nSPS) is 12.3. The van der Waals surface area contributed by atoms with Crippen molar-refractivity contribution in [2.45, 2.75) is 39.3 Å². The molecule has 0 aliphatic heterocycles. The number of H-pyrrole nitrogens is 1. The summed E-state index contributed by atoms with van der Waals surface area (Å²) in [5.41, 5.74) is 8.44. The number of nitrogens with one attached hydrogen (secondary N) is 1. The molecule has 9 nitrogen and oxygen atoms in total. The van der Waals surface area contributed by atoms with E-state index >= 15 is 0 Å². The molecule has 226 valence electrons. The van der Waals surface area contributed by atoms with Crippen molar-refractivity contribution in [3.8, 4) is 17.1 Å². The summed E-state index contributed by atoms with van der Waals surface area (Å²) in [7, 11) is 2.07. The fourth-order valence-electron chi connectivity index (χ4n) is 5.87. The molecule has 0 saturated heterocycles. The highest BCUT2D eigenvalue weighted by atomic mass is 79.9. The number of aromatic amines is 1. The van der Waals surface area contributed by atoms with Gasteiger partial charge in [-0.2, -0.15) is 0 Å². The monoisotopic (exact) mass is 724 g/mol. The third-order valence-corrected chi connectivity index (χ3v) is 9.17. The van der Waals surface area contributed by atoms with Crippen molar-refractivity contribution in [2.24, 2.45) is 7.05 Å². The lowest BCUT2D eigenvalue weighted by Crippen LogP contribution is -2.12.